The molecule has 0 unspecified atom stereocenters. The zero-order chi connectivity index (χ0) is 42.6. The Morgan fingerprint density at radius 1 is 0.817 bits per heavy atom. The molecule has 0 aliphatic carbocycles. The highest BCUT2D eigenvalue weighted by atomic mass is 16.5. The Bertz CT molecular complexity index is 2480. The van der Waals surface area contributed by atoms with Gasteiger partial charge >= 0.3 is 12.2 Å². The van der Waals surface area contributed by atoms with Gasteiger partial charge in [0, 0.05) is 23.0 Å². The van der Waals surface area contributed by atoms with Gasteiger partial charge in [0.25, 0.3) is 0 Å². The molecule has 0 bridgehead atoms. The lowest BCUT2D eigenvalue weighted by Crippen LogP contribution is -2.54. The molecule has 8 rings (SSSR count). The molecule has 16 heteroatoms. The van der Waals surface area contributed by atoms with Crippen molar-refractivity contribution in [3.8, 4) is 28.1 Å². The van der Waals surface area contributed by atoms with Crippen LogP contribution in [-0.2, 0) is 25.7 Å². The molecule has 316 valence electrons. The van der Waals surface area contributed by atoms with Gasteiger partial charge in [-0.15, -0.1) is 0 Å². The Morgan fingerprint density at radius 2 is 1.47 bits per heavy atom. The molecule has 4 amide bonds. The van der Waals surface area contributed by atoms with Crippen LogP contribution in [0.15, 0.2) is 48.7 Å². The van der Waals surface area contributed by atoms with E-state index in [0.29, 0.717) is 24.7 Å². The van der Waals surface area contributed by atoms with E-state index in [0.717, 1.165) is 74.8 Å². The number of aliphatic hydroxyl groups is 1. The number of aromatic nitrogens is 4. The van der Waals surface area contributed by atoms with Gasteiger partial charge in [0.2, 0.25) is 11.8 Å². The molecule has 7 atom stereocenters. The lowest BCUT2D eigenvalue weighted by atomic mass is 9.92. The van der Waals surface area contributed by atoms with Gasteiger partial charge in [-0.05, 0) is 98.7 Å². The van der Waals surface area contributed by atoms with Crippen LogP contribution in [0.4, 0.5) is 9.59 Å². The molecule has 0 spiro atoms. The number of aliphatic hydroxyl groups excluding tert-OH is 1. The van der Waals surface area contributed by atoms with Gasteiger partial charge in [0.15, 0.2) is 0 Å². The summed E-state index contributed by atoms with van der Waals surface area (Å²) in [6, 6.07) is 11.8. The van der Waals surface area contributed by atoms with Crippen LogP contribution >= 0.6 is 0 Å². The molecule has 0 saturated carbocycles. The fraction of sp³-hybridized carbons (Fsp3) is 0.455. The standard InChI is InChI=1S/C44H52N8O8/c1-21(2)36(49-43(56)58-6)41(54)52-23(4)9-15-34(52)40-46-31-13-11-25-17-30-28-12-10-26(16-27(28)20-60-35(30)18-29(25)38(31)48-40)32-19-45-39(47-32)33-14-8-22(3)51(33)42(55)37(24(5)53)50-44(57)59-7/h10-13,16-19,21-24,33-34,36-37,53H,8-9,14-15,20H2,1-7H3,(H,45,47)(H,46,48)(H,49,56)(H,50,57)/t22-,23-,24+,33-,34-,36-,37-/m0/s1. The van der Waals surface area contributed by atoms with Crippen molar-refractivity contribution in [2.75, 3.05) is 14.2 Å². The van der Waals surface area contributed by atoms with Gasteiger partial charge in [0.1, 0.15) is 36.1 Å². The largest absolute Gasteiger partial charge is 0.488 e. The molecule has 3 aliphatic rings. The highest BCUT2D eigenvalue weighted by Gasteiger charge is 2.43. The molecule has 16 nitrogen and oxygen atoms in total. The number of nitrogens with one attached hydrogen (secondary N) is 4. The van der Waals surface area contributed by atoms with Crippen LogP contribution in [0.5, 0.6) is 5.75 Å². The molecule has 5 N–H and O–H groups in total. The molecule has 2 saturated heterocycles. The molecular weight excluding hydrogens is 769 g/mol. The number of rotatable bonds is 9. The number of methoxy groups -OCH3 is 2. The molecular formula is C44H52N8O8. The van der Waals surface area contributed by atoms with E-state index >= 15 is 0 Å². The zero-order valence-electron chi connectivity index (χ0n) is 34.9. The Labute approximate surface area is 347 Å². The highest BCUT2D eigenvalue weighted by molar-refractivity contribution is 6.07. The van der Waals surface area contributed by atoms with Crippen LogP contribution in [-0.4, -0.2) is 103 Å². The summed E-state index contributed by atoms with van der Waals surface area (Å²) in [6.45, 7) is 9.60. The van der Waals surface area contributed by atoms with Crippen molar-refractivity contribution in [1.82, 2.24) is 40.4 Å². The average molecular weight is 821 g/mol. The SMILES string of the molecule is COC(=O)N[C@H](C(=O)N1[C@@H](C)CC[C@H]1c1nc2ccc3cc4c(cc3c2[nH]1)OCc1cc(-c2cnc([C@@H]3CC[C@H](C)N3C(=O)[C@@H](NC(=O)OC)[C@@H](C)O)[nH]2)ccc1-4)C(C)C. The minimum atomic E-state index is -1.16. The van der Waals surface area contributed by atoms with E-state index in [2.05, 4.69) is 50.9 Å². The summed E-state index contributed by atoms with van der Waals surface area (Å²) < 4.78 is 15.9. The first-order valence-electron chi connectivity index (χ1n) is 20.6. The number of imidazole rings is 2. The molecule has 60 heavy (non-hydrogen) atoms. The van der Waals surface area contributed by atoms with E-state index in [1.807, 2.05) is 44.7 Å². The van der Waals surface area contributed by atoms with Crippen molar-refractivity contribution in [1.29, 1.82) is 0 Å². The predicted molar refractivity (Wildman–Crippen MR) is 223 cm³/mol. The topological polar surface area (TPSA) is 204 Å². The van der Waals surface area contributed by atoms with Gasteiger partial charge < -0.3 is 49.7 Å². The number of alkyl carbamates (subject to hydrolysis) is 2. The minimum absolute atomic E-state index is 0.0331. The second kappa shape index (κ2) is 16.1. The Kier molecular flexibility index (Phi) is 10.9. The van der Waals surface area contributed by atoms with Crippen LogP contribution < -0.4 is 15.4 Å². The van der Waals surface area contributed by atoms with Crippen molar-refractivity contribution in [3.05, 3.63) is 65.9 Å². The monoisotopic (exact) mass is 820 g/mol. The van der Waals surface area contributed by atoms with Crippen LogP contribution in [0.1, 0.15) is 89.6 Å². The number of nitrogens with zero attached hydrogens (tertiary/aromatic N) is 4. The number of hydrogen-bond acceptors (Lipinski definition) is 10. The lowest BCUT2D eigenvalue weighted by molar-refractivity contribution is -0.139. The van der Waals surface area contributed by atoms with Crippen molar-refractivity contribution >= 4 is 45.8 Å². The maximum atomic E-state index is 14.0. The molecule has 5 aromatic rings. The van der Waals surface area contributed by atoms with Crippen molar-refractivity contribution in [2.24, 2.45) is 5.92 Å². The Balaban J connectivity index is 1.05. The number of amides is 4. The molecule has 2 fully saturated rings. The number of aromatic amines is 2. The van der Waals surface area contributed by atoms with Crippen LogP contribution in [0, 0.1) is 5.92 Å². The fourth-order valence-corrected chi connectivity index (χ4v) is 9.13. The number of likely N-dealkylation sites (tertiary alicyclic amines) is 2. The minimum Gasteiger partial charge on any atom is -0.488 e. The number of benzene rings is 3. The summed E-state index contributed by atoms with van der Waals surface area (Å²) in [5.41, 5.74) is 6.41. The summed E-state index contributed by atoms with van der Waals surface area (Å²) in [7, 11) is 2.50. The van der Waals surface area contributed by atoms with Crippen molar-refractivity contribution < 1.29 is 38.5 Å². The smallest absolute Gasteiger partial charge is 0.407 e. The third-order valence-corrected chi connectivity index (χ3v) is 12.4. The quantitative estimate of drug-likeness (QED) is 0.113. The number of hydrogen-bond donors (Lipinski definition) is 5. The molecule has 5 heterocycles. The number of carbonyl (C=O) groups excluding carboxylic acids is 4. The summed E-state index contributed by atoms with van der Waals surface area (Å²) in [6.07, 6.45) is 2.17. The number of carbonyl (C=O) groups is 4. The summed E-state index contributed by atoms with van der Waals surface area (Å²) in [4.78, 5) is 72.0. The van der Waals surface area contributed by atoms with Gasteiger partial charge in [-0.2, -0.15) is 0 Å². The normalized spacial score (nSPS) is 21.3. The van der Waals surface area contributed by atoms with E-state index in [9.17, 15) is 24.3 Å². The first-order chi connectivity index (χ1) is 28.8. The van der Waals surface area contributed by atoms with E-state index in [1.165, 1.54) is 21.1 Å². The van der Waals surface area contributed by atoms with Gasteiger partial charge in [0.05, 0.1) is 55.3 Å². The van der Waals surface area contributed by atoms with Crippen LogP contribution in [0.2, 0.25) is 0 Å². The average Bonchev–Trinajstić information content (AvgIpc) is 4.06. The first-order valence-corrected chi connectivity index (χ1v) is 20.6. The van der Waals surface area contributed by atoms with Crippen molar-refractivity contribution in [2.45, 2.75) is 109 Å². The zero-order valence-corrected chi connectivity index (χ0v) is 34.9. The fourth-order valence-electron chi connectivity index (χ4n) is 9.13. The maximum absolute atomic E-state index is 14.0. The van der Waals surface area contributed by atoms with E-state index < -0.39 is 36.3 Å². The highest BCUT2D eigenvalue weighted by Crippen LogP contribution is 2.44. The summed E-state index contributed by atoms with van der Waals surface area (Å²) in [5.74, 6) is 1.39. The number of ether oxygens (including phenoxy) is 3. The van der Waals surface area contributed by atoms with E-state index in [-0.39, 0.29) is 36.0 Å². The lowest BCUT2D eigenvalue weighted by Gasteiger charge is -2.32. The van der Waals surface area contributed by atoms with Crippen molar-refractivity contribution in [3.63, 3.8) is 0 Å². The Morgan fingerprint density at radius 3 is 2.12 bits per heavy atom. The second-order valence-corrected chi connectivity index (χ2v) is 16.6. The van der Waals surface area contributed by atoms with E-state index in [1.54, 1.807) is 11.1 Å². The molecule has 3 aromatic carbocycles. The van der Waals surface area contributed by atoms with Gasteiger partial charge in [-0.25, -0.2) is 19.6 Å². The molecule has 3 aliphatic heterocycles. The van der Waals surface area contributed by atoms with Gasteiger partial charge in [-0.1, -0.05) is 32.0 Å². The van der Waals surface area contributed by atoms with Crippen LogP contribution in [0.3, 0.4) is 0 Å². The third-order valence-electron chi connectivity index (χ3n) is 12.4. The predicted octanol–water partition coefficient (Wildman–Crippen LogP) is 6.26. The van der Waals surface area contributed by atoms with Gasteiger partial charge in [-0.3, -0.25) is 9.59 Å². The first kappa shape index (κ1) is 40.6. The summed E-state index contributed by atoms with van der Waals surface area (Å²) >= 11 is 0. The maximum Gasteiger partial charge on any atom is 0.407 e. The van der Waals surface area contributed by atoms with Crippen LogP contribution in [0.25, 0.3) is 44.2 Å². The second-order valence-electron chi connectivity index (χ2n) is 16.6. The Hall–Kier alpha value is -6.16. The van der Waals surface area contributed by atoms with E-state index in [4.69, 9.17) is 24.2 Å². The number of fused-ring (bicyclic) bond motifs is 6. The summed E-state index contributed by atoms with van der Waals surface area (Å²) in [5, 5.41) is 17.6. The number of H-pyrrole nitrogens is 2. The molecule has 2 aromatic heterocycles. The molecule has 0 radical (unpaired) electrons. The third kappa shape index (κ3) is 7.26.